The first kappa shape index (κ1) is 14.1. The molecule has 0 heterocycles. The van der Waals surface area contributed by atoms with Gasteiger partial charge in [-0.25, -0.2) is 4.79 Å². The fourth-order valence-electron chi connectivity index (χ4n) is 2.66. The Hall–Kier alpha value is -1.31. The van der Waals surface area contributed by atoms with Crippen molar-refractivity contribution in [2.45, 2.75) is 64.4 Å². The van der Waals surface area contributed by atoms with E-state index in [4.69, 9.17) is 4.74 Å². The van der Waals surface area contributed by atoms with Gasteiger partial charge in [-0.15, -0.1) is 0 Å². The zero-order valence-corrected chi connectivity index (χ0v) is 12.2. The highest BCUT2D eigenvalue weighted by atomic mass is 16.6. The molecule has 0 unspecified atom stereocenters. The Morgan fingerprint density at radius 2 is 1.63 bits per heavy atom. The Morgan fingerprint density at radius 1 is 1.05 bits per heavy atom. The van der Waals surface area contributed by atoms with Gasteiger partial charge in [0.2, 0.25) is 0 Å². The topological polar surface area (TPSA) is 26.3 Å². The van der Waals surface area contributed by atoms with Crippen LogP contribution in [0.15, 0.2) is 24.3 Å². The molecule has 0 amide bonds. The summed E-state index contributed by atoms with van der Waals surface area (Å²) in [6.45, 7) is 5.67. The maximum Gasteiger partial charge on any atom is 0.338 e. The molecule has 0 aromatic heterocycles. The van der Waals surface area contributed by atoms with Gasteiger partial charge in [0.25, 0.3) is 0 Å². The summed E-state index contributed by atoms with van der Waals surface area (Å²) in [6, 6.07) is 7.99. The van der Waals surface area contributed by atoms with E-state index in [-0.39, 0.29) is 5.97 Å². The van der Waals surface area contributed by atoms with Crippen LogP contribution in [0.1, 0.15) is 74.7 Å². The maximum absolute atomic E-state index is 11.9. The van der Waals surface area contributed by atoms with Gasteiger partial charge >= 0.3 is 5.97 Å². The third kappa shape index (κ3) is 4.09. The van der Waals surface area contributed by atoms with Crippen LogP contribution in [0.4, 0.5) is 0 Å². The lowest BCUT2D eigenvalue weighted by atomic mass is 9.84. The first-order valence-electron chi connectivity index (χ1n) is 7.29. The lowest BCUT2D eigenvalue weighted by molar-refractivity contribution is 0.00695. The fourth-order valence-corrected chi connectivity index (χ4v) is 2.66. The molecule has 1 aromatic carbocycles. The van der Waals surface area contributed by atoms with Gasteiger partial charge in [-0.05, 0) is 57.2 Å². The number of ether oxygens (including phenoxy) is 1. The van der Waals surface area contributed by atoms with Gasteiger partial charge < -0.3 is 4.74 Å². The molecule has 2 nitrogen and oxygen atoms in total. The number of hydrogen-bond donors (Lipinski definition) is 0. The molecule has 0 atom stereocenters. The molecule has 0 spiro atoms. The third-order valence-electron chi connectivity index (χ3n) is 3.62. The largest absolute Gasteiger partial charge is 0.456 e. The minimum absolute atomic E-state index is 0.234. The Kier molecular flexibility index (Phi) is 4.28. The van der Waals surface area contributed by atoms with Crippen LogP contribution in [-0.4, -0.2) is 11.6 Å². The molecule has 1 aliphatic carbocycles. The van der Waals surface area contributed by atoms with Crippen LogP contribution in [0, 0.1) is 0 Å². The quantitative estimate of drug-likeness (QED) is 0.721. The van der Waals surface area contributed by atoms with Crippen molar-refractivity contribution in [2.24, 2.45) is 0 Å². The molecule has 0 saturated heterocycles. The van der Waals surface area contributed by atoms with Crippen molar-refractivity contribution >= 4 is 5.97 Å². The van der Waals surface area contributed by atoms with Crippen LogP contribution in [0.2, 0.25) is 0 Å². The van der Waals surface area contributed by atoms with Crippen molar-refractivity contribution in [3.63, 3.8) is 0 Å². The second kappa shape index (κ2) is 5.77. The standard InChI is InChI=1S/C17H24O2/c1-17(2,3)19-16(18)15-11-9-14(10-12-15)13-7-5-4-6-8-13/h9-13H,4-8H2,1-3H3. The number of hydrogen-bond acceptors (Lipinski definition) is 2. The number of carbonyl (C=O) groups is 1. The Balaban J connectivity index is 2.03. The minimum Gasteiger partial charge on any atom is -0.456 e. The van der Waals surface area contributed by atoms with Crippen LogP contribution in [-0.2, 0) is 4.74 Å². The SMILES string of the molecule is CC(C)(C)OC(=O)c1ccc(C2CCCCC2)cc1. The molecule has 1 aromatic rings. The van der Waals surface area contributed by atoms with E-state index in [1.807, 2.05) is 32.9 Å². The van der Waals surface area contributed by atoms with Crippen molar-refractivity contribution in [3.8, 4) is 0 Å². The minimum atomic E-state index is -0.431. The molecule has 0 radical (unpaired) electrons. The zero-order chi connectivity index (χ0) is 13.9. The van der Waals surface area contributed by atoms with Crippen LogP contribution in [0.25, 0.3) is 0 Å². The second-order valence-corrected chi connectivity index (χ2v) is 6.46. The summed E-state index contributed by atoms with van der Waals surface area (Å²) in [5, 5.41) is 0. The molecule has 2 heteroatoms. The smallest absolute Gasteiger partial charge is 0.338 e. The lowest BCUT2D eigenvalue weighted by Crippen LogP contribution is -2.23. The average molecular weight is 260 g/mol. The highest BCUT2D eigenvalue weighted by molar-refractivity contribution is 5.89. The summed E-state index contributed by atoms with van der Waals surface area (Å²) >= 11 is 0. The molecular weight excluding hydrogens is 236 g/mol. The monoisotopic (exact) mass is 260 g/mol. The lowest BCUT2D eigenvalue weighted by Gasteiger charge is -2.22. The summed E-state index contributed by atoms with van der Waals surface area (Å²) in [7, 11) is 0. The maximum atomic E-state index is 11.9. The predicted octanol–water partition coefficient (Wildman–Crippen LogP) is 4.69. The molecule has 2 rings (SSSR count). The number of esters is 1. The van der Waals surface area contributed by atoms with Crippen LogP contribution in [0.3, 0.4) is 0 Å². The summed E-state index contributed by atoms with van der Waals surface area (Å²) in [5.74, 6) is 0.448. The van der Waals surface area contributed by atoms with Gasteiger partial charge in [-0.3, -0.25) is 0 Å². The summed E-state index contributed by atoms with van der Waals surface area (Å²) in [5.41, 5.74) is 1.58. The van der Waals surface area contributed by atoms with Crippen molar-refractivity contribution < 1.29 is 9.53 Å². The zero-order valence-electron chi connectivity index (χ0n) is 12.2. The molecular formula is C17H24O2. The molecule has 19 heavy (non-hydrogen) atoms. The van der Waals surface area contributed by atoms with Crippen LogP contribution >= 0.6 is 0 Å². The van der Waals surface area contributed by atoms with E-state index in [0.29, 0.717) is 11.5 Å². The summed E-state index contributed by atoms with van der Waals surface area (Å²) < 4.78 is 5.37. The van der Waals surface area contributed by atoms with Gasteiger partial charge in [-0.1, -0.05) is 31.4 Å². The van der Waals surface area contributed by atoms with E-state index in [9.17, 15) is 4.79 Å². The van der Waals surface area contributed by atoms with Crippen molar-refractivity contribution in [1.82, 2.24) is 0 Å². The molecule has 0 aliphatic heterocycles. The Labute approximate surface area is 116 Å². The molecule has 1 fully saturated rings. The van der Waals surface area contributed by atoms with Crippen LogP contribution < -0.4 is 0 Å². The van der Waals surface area contributed by atoms with Crippen molar-refractivity contribution in [3.05, 3.63) is 35.4 Å². The van der Waals surface area contributed by atoms with E-state index in [2.05, 4.69) is 12.1 Å². The molecule has 1 aliphatic rings. The highest BCUT2D eigenvalue weighted by Gasteiger charge is 2.19. The van der Waals surface area contributed by atoms with Gasteiger partial charge in [0.05, 0.1) is 5.56 Å². The van der Waals surface area contributed by atoms with Crippen molar-refractivity contribution in [2.75, 3.05) is 0 Å². The molecule has 0 bridgehead atoms. The number of benzene rings is 1. The summed E-state index contributed by atoms with van der Waals surface area (Å²) in [4.78, 5) is 11.9. The van der Waals surface area contributed by atoms with Crippen molar-refractivity contribution in [1.29, 1.82) is 0 Å². The van der Waals surface area contributed by atoms with Gasteiger partial charge in [0.15, 0.2) is 0 Å². The number of rotatable bonds is 2. The van der Waals surface area contributed by atoms with E-state index in [0.717, 1.165) is 0 Å². The normalized spacial score (nSPS) is 17.2. The van der Waals surface area contributed by atoms with E-state index < -0.39 is 5.60 Å². The molecule has 0 N–H and O–H groups in total. The first-order valence-corrected chi connectivity index (χ1v) is 7.29. The fraction of sp³-hybridized carbons (Fsp3) is 0.588. The van der Waals surface area contributed by atoms with Crippen LogP contribution in [0.5, 0.6) is 0 Å². The van der Waals surface area contributed by atoms with E-state index in [1.54, 1.807) is 0 Å². The summed E-state index contributed by atoms with van der Waals surface area (Å²) in [6.07, 6.45) is 6.60. The number of carbonyl (C=O) groups excluding carboxylic acids is 1. The van der Waals surface area contributed by atoms with Gasteiger partial charge in [0.1, 0.15) is 5.60 Å². The van der Waals surface area contributed by atoms with Gasteiger partial charge in [0, 0.05) is 0 Å². The third-order valence-corrected chi connectivity index (χ3v) is 3.62. The molecule has 104 valence electrons. The average Bonchev–Trinajstić information content (AvgIpc) is 2.38. The Morgan fingerprint density at radius 3 is 2.16 bits per heavy atom. The predicted molar refractivity (Wildman–Crippen MR) is 77.4 cm³/mol. The van der Waals surface area contributed by atoms with E-state index >= 15 is 0 Å². The second-order valence-electron chi connectivity index (χ2n) is 6.46. The molecule has 1 saturated carbocycles. The van der Waals surface area contributed by atoms with E-state index in [1.165, 1.54) is 37.7 Å². The van der Waals surface area contributed by atoms with Gasteiger partial charge in [-0.2, -0.15) is 0 Å². The Bertz CT molecular complexity index is 420. The highest BCUT2D eigenvalue weighted by Crippen LogP contribution is 2.32. The first-order chi connectivity index (χ1) is 8.96.